The van der Waals surface area contributed by atoms with Crippen LogP contribution in [0, 0.1) is 6.92 Å². The second-order valence-corrected chi connectivity index (χ2v) is 7.91. The van der Waals surface area contributed by atoms with Crippen LogP contribution in [0.3, 0.4) is 0 Å². The Labute approximate surface area is 168 Å². The van der Waals surface area contributed by atoms with Crippen molar-refractivity contribution in [3.63, 3.8) is 0 Å². The fourth-order valence-electron chi connectivity index (χ4n) is 3.90. The molecule has 1 saturated carbocycles. The molecule has 2 unspecified atom stereocenters. The first-order valence-electron chi connectivity index (χ1n) is 10.2. The summed E-state index contributed by atoms with van der Waals surface area (Å²) in [6, 6.07) is 5.55. The van der Waals surface area contributed by atoms with Crippen molar-refractivity contribution in [1.29, 1.82) is 0 Å². The van der Waals surface area contributed by atoms with E-state index in [1.807, 2.05) is 29.6 Å². The molecule has 8 heteroatoms. The topological polar surface area (TPSA) is 76.4 Å². The van der Waals surface area contributed by atoms with Gasteiger partial charge in [-0.1, -0.05) is 6.07 Å². The normalized spacial score (nSPS) is 22.0. The molecule has 152 valence electrons. The van der Waals surface area contributed by atoms with Gasteiger partial charge < -0.3 is 15.4 Å². The smallest absolute Gasteiger partial charge is 0.157 e. The molecule has 0 amide bonds. The van der Waals surface area contributed by atoms with Crippen LogP contribution in [0.1, 0.15) is 36.4 Å². The molecule has 2 aliphatic rings. The molecule has 0 radical (unpaired) electrons. The van der Waals surface area contributed by atoms with Gasteiger partial charge in [-0.3, -0.25) is 0 Å². The molecule has 7 nitrogen and oxygen atoms in total. The summed E-state index contributed by atoms with van der Waals surface area (Å²) in [5.74, 6) is 1.90. The van der Waals surface area contributed by atoms with Gasteiger partial charge in [0.05, 0.1) is 25.0 Å². The molecule has 4 heterocycles. The van der Waals surface area contributed by atoms with Crippen LogP contribution < -0.4 is 15.4 Å². The molecule has 3 aromatic heterocycles. The number of ether oxygens (including phenoxy) is 1. The lowest BCUT2D eigenvalue weighted by Gasteiger charge is -2.28. The maximum absolute atomic E-state index is 14.2. The van der Waals surface area contributed by atoms with Crippen molar-refractivity contribution in [1.82, 2.24) is 24.9 Å². The van der Waals surface area contributed by atoms with E-state index in [0.29, 0.717) is 31.2 Å². The summed E-state index contributed by atoms with van der Waals surface area (Å²) < 4.78 is 21.6. The van der Waals surface area contributed by atoms with E-state index in [0.717, 1.165) is 46.9 Å². The number of fused-ring (bicyclic) bond motifs is 1. The Kier molecular flexibility index (Phi) is 4.58. The summed E-state index contributed by atoms with van der Waals surface area (Å²) in [5, 5.41) is 11.3. The average molecular weight is 396 g/mol. The molecule has 5 rings (SSSR count). The van der Waals surface area contributed by atoms with Crippen molar-refractivity contribution in [2.75, 3.05) is 25.5 Å². The highest BCUT2D eigenvalue weighted by atomic mass is 19.1. The molecule has 2 atom stereocenters. The minimum absolute atomic E-state index is 0.280. The largest absolute Gasteiger partial charge is 0.495 e. The average Bonchev–Trinajstić information content (AvgIpc) is 3.50. The Hall–Kier alpha value is -2.74. The molecular weight excluding hydrogens is 371 g/mol. The SMILES string of the molecule is COc1cc2ncc(-c3nc(NC4CNCCC4F)ccc3C)n2nc1C1CC1. The number of methoxy groups -OCH3 is 1. The molecule has 1 aliphatic heterocycles. The highest BCUT2D eigenvalue weighted by Crippen LogP contribution is 2.43. The van der Waals surface area contributed by atoms with Gasteiger partial charge in [-0.15, -0.1) is 0 Å². The first kappa shape index (κ1) is 18.3. The minimum atomic E-state index is -0.881. The van der Waals surface area contributed by atoms with Gasteiger partial charge in [0.2, 0.25) is 0 Å². The predicted octanol–water partition coefficient (Wildman–Crippen LogP) is 3.10. The van der Waals surface area contributed by atoms with E-state index in [4.69, 9.17) is 14.8 Å². The number of nitrogens with one attached hydrogen (secondary N) is 2. The minimum Gasteiger partial charge on any atom is -0.495 e. The van der Waals surface area contributed by atoms with Gasteiger partial charge >= 0.3 is 0 Å². The standard InChI is InChI=1S/C21H25FN6O/c1-12-3-6-18(25-15-10-23-8-7-14(15)22)26-20(12)16-11-24-19-9-17(29-2)21(13-4-5-13)27-28(16)19/h3,6,9,11,13-15,23H,4-5,7-8,10H2,1-2H3,(H,25,26). The first-order valence-corrected chi connectivity index (χ1v) is 10.2. The van der Waals surface area contributed by atoms with Crippen molar-refractivity contribution in [2.24, 2.45) is 0 Å². The van der Waals surface area contributed by atoms with Gasteiger partial charge in [0.25, 0.3) is 0 Å². The van der Waals surface area contributed by atoms with Crippen LogP contribution in [0.25, 0.3) is 17.0 Å². The van der Waals surface area contributed by atoms with Crippen molar-refractivity contribution in [3.8, 4) is 17.1 Å². The number of aromatic nitrogens is 4. The van der Waals surface area contributed by atoms with E-state index in [2.05, 4.69) is 15.6 Å². The number of aryl methyl sites for hydroxylation is 1. The zero-order valence-electron chi connectivity index (χ0n) is 16.7. The zero-order chi connectivity index (χ0) is 20.0. The number of hydrogen-bond donors (Lipinski definition) is 2. The van der Waals surface area contributed by atoms with Crippen LogP contribution in [-0.4, -0.2) is 52.0 Å². The van der Waals surface area contributed by atoms with Crippen LogP contribution in [-0.2, 0) is 0 Å². The third-order valence-electron chi connectivity index (χ3n) is 5.74. The van der Waals surface area contributed by atoms with E-state index in [9.17, 15) is 4.39 Å². The number of nitrogens with zero attached hydrogens (tertiary/aromatic N) is 4. The molecule has 0 spiro atoms. The summed E-state index contributed by atoms with van der Waals surface area (Å²) in [5.41, 5.74) is 4.33. The lowest BCUT2D eigenvalue weighted by Crippen LogP contribution is -2.46. The van der Waals surface area contributed by atoms with Crippen LogP contribution in [0.4, 0.5) is 10.2 Å². The van der Waals surface area contributed by atoms with Crippen molar-refractivity contribution < 1.29 is 9.13 Å². The molecule has 2 fully saturated rings. The van der Waals surface area contributed by atoms with Gasteiger partial charge in [-0.2, -0.15) is 5.10 Å². The highest BCUT2D eigenvalue weighted by molar-refractivity contribution is 5.65. The van der Waals surface area contributed by atoms with Crippen LogP contribution in [0.2, 0.25) is 0 Å². The number of alkyl halides is 1. The van der Waals surface area contributed by atoms with Gasteiger partial charge in [0.1, 0.15) is 29.1 Å². The van der Waals surface area contributed by atoms with Crippen molar-refractivity contribution >= 4 is 11.5 Å². The molecule has 29 heavy (non-hydrogen) atoms. The Balaban J connectivity index is 1.53. The van der Waals surface area contributed by atoms with E-state index in [-0.39, 0.29) is 6.04 Å². The van der Waals surface area contributed by atoms with E-state index in [1.165, 1.54) is 0 Å². The van der Waals surface area contributed by atoms with Gasteiger partial charge in [-0.25, -0.2) is 18.9 Å². The molecule has 3 aromatic rings. The number of rotatable bonds is 5. The van der Waals surface area contributed by atoms with Crippen molar-refractivity contribution in [3.05, 3.63) is 35.7 Å². The Bertz CT molecular complexity index is 1050. The van der Waals surface area contributed by atoms with Gasteiger partial charge in [0.15, 0.2) is 5.65 Å². The Morgan fingerprint density at radius 2 is 2.14 bits per heavy atom. The fourth-order valence-corrected chi connectivity index (χ4v) is 3.90. The quantitative estimate of drug-likeness (QED) is 0.690. The second-order valence-electron chi connectivity index (χ2n) is 7.91. The Morgan fingerprint density at radius 3 is 2.90 bits per heavy atom. The first-order chi connectivity index (χ1) is 14.1. The number of anilines is 1. The summed E-state index contributed by atoms with van der Waals surface area (Å²) in [4.78, 5) is 9.30. The molecule has 0 bridgehead atoms. The van der Waals surface area contributed by atoms with Crippen LogP contribution in [0.5, 0.6) is 5.75 Å². The Morgan fingerprint density at radius 1 is 1.28 bits per heavy atom. The number of pyridine rings is 1. The van der Waals surface area contributed by atoms with Crippen LogP contribution in [0.15, 0.2) is 24.4 Å². The highest BCUT2D eigenvalue weighted by Gasteiger charge is 2.30. The molecule has 0 aromatic carbocycles. The van der Waals surface area contributed by atoms with Gasteiger partial charge in [0, 0.05) is 18.5 Å². The maximum atomic E-state index is 14.2. The van der Waals surface area contributed by atoms with Crippen molar-refractivity contribution in [2.45, 2.75) is 44.3 Å². The summed E-state index contributed by atoms with van der Waals surface area (Å²) >= 11 is 0. The molecule has 1 aliphatic carbocycles. The predicted molar refractivity (Wildman–Crippen MR) is 109 cm³/mol. The van der Waals surface area contributed by atoms with Gasteiger partial charge in [-0.05, 0) is 44.4 Å². The number of imidazole rings is 1. The van der Waals surface area contributed by atoms with E-state index < -0.39 is 6.17 Å². The van der Waals surface area contributed by atoms with E-state index >= 15 is 0 Å². The molecule has 2 N–H and O–H groups in total. The third kappa shape index (κ3) is 3.42. The number of hydrogen-bond acceptors (Lipinski definition) is 6. The fraction of sp³-hybridized carbons (Fsp3) is 0.476. The molecular formula is C21H25FN6O. The lowest BCUT2D eigenvalue weighted by atomic mass is 10.1. The molecule has 1 saturated heterocycles. The number of halogens is 1. The summed E-state index contributed by atoms with van der Waals surface area (Å²) in [7, 11) is 1.67. The third-order valence-corrected chi connectivity index (χ3v) is 5.74. The summed E-state index contributed by atoms with van der Waals surface area (Å²) in [6.07, 6.45) is 3.69. The van der Waals surface area contributed by atoms with E-state index in [1.54, 1.807) is 13.3 Å². The lowest BCUT2D eigenvalue weighted by molar-refractivity contribution is 0.241. The maximum Gasteiger partial charge on any atom is 0.157 e. The monoisotopic (exact) mass is 396 g/mol. The summed E-state index contributed by atoms with van der Waals surface area (Å²) in [6.45, 7) is 3.32. The second kappa shape index (κ2) is 7.26. The zero-order valence-corrected chi connectivity index (χ0v) is 16.7. The number of piperidine rings is 1. The van der Waals surface area contributed by atoms with Crippen LogP contribution >= 0.6 is 0 Å².